The Hall–Kier alpha value is -3.32. The fourth-order valence-electron chi connectivity index (χ4n) is 3.00. The summed E-state index contributed by atoms with van der Waals surface area (Å²) in [4.78, 5) is 8.49. The smallest absolute Gasteiger partial charge is 0.118 e. The molecule has 0 aliphatic rings. The SMILES string of the molecule is COc1ccc(-c2ccc(NCCSF)c(/C(N)=C/C=NCc3cccnc3)c2)cc1. The molecule has 3 aromatic rings. The molecular formula is C24H25FN4OS. The van der Waals surface area contributed by atoms with Crippen molar-refractivity contribution >= 4 is 29.7 Å². The highest BCUT2D eigenvalue weighted by atomic mass is 32.2. The molecule has 0 fully saturated rings. The molecule has 31 heavy (non-hydrogen) atoms. The van der Waals surface area contributed by atoms with E-state index in [0.29, 0.717) is 36.7 Å². The second-order valence-corrected chi connectivity index (χ2v) is 7.33. The van der Waals surface area contributed by atoms with E-state index in [4.69, 9.17) is 10.5 Å². The lowest BCUT2D eigenvalue weighted by molar-refractivity contribution is 0.415. The Morgan fingerprint density at radius 2 is 2.00 bits per heavy atom. The summed E-state index contributed by atoms with van der Waals surface area (Å²) in [6.07, 6.45) is 6.99. The number of hydrogen-bond donors (Lipinski definition) is 2. The van der Waals surface area contributed by atoms with Gasteiger partial charge in [0.1, 0.15) is 5.75 Å². The lowest BCUT2D eigenvalue weighted by Crippen LogP contribution is -2.08. The predicted octanol–water partition coefficient (Wildman–Crippen LogP) is 5.36. The van der Waals surface area contributed by atoms with E-state index in [2.05, 4.69) is 15.3 Å². The van der Waals surface area contributed by atoms with Gasteiger partial charge in [-0.3, -0.25) is 9.98 Å². The topological polar surface area (TPSA) is 72.5 Å². The molecule has 1 aromatic heterocycles. The maximum Gasteiger partial charge on any atom is 0.118 e. The van der Waals surface area contributed by atoms with Crippen LogP contribution in [0.1, 0.15) is 11.1 Å². The number of nitrogens with two attached hydrogens (primary N) is 1. The molecule has 1 heterocycles. The largest absolute Gasteiger partial charge is 0.497 e. The molecule has 0 aliphatic heterocycles. The maximum absolute atomic E-state index is 12.5. The first-order chi connectivity index (χ1) is 15.2. The third-order valence-electron chi connectivity index (χ3n) is 4.60. The van der Waals surface area contributed by atoms with Crippen LogP contribution < -0.4 is 15.8 Å². The van der Waals surface area contributed by atoms with Crippen molar-refractivity contribution in [1.82, 2.24) is 4.98 Å². The highest BCUT2D eigenvalue weighted by molar-refractivity contribution is 7.94. The van der Waals surface area contributed by atoms with Crippen LogP contribution in [0.4, 0.5) is 9.57 Å². The van der Waals surface area contributed by atoms with E-state index in [1.807, 2.05) is 54.6 Å². The van der Waals surface area contributed by atoms with E-state index >= 15 is 0 Å². The average molecular weight is 437 g/mol. The molecule has 3 rings (SSSR count). The minimum atomic E-state index is 0.307. The molecule has 0 saturated carbocycles. The van der Waals surface area contributed by atoms with Gasteiger partial charge in [-0.25, -0.2) is 0 Å². The minimum absolute atomic E-state index is 0.307. The normalized spacial score (nSPS) is 11.6. The van der Waals surface area contributed by atoms with Gasteiger partial charge in [-0.15, -0.1) is 0 Å². The quantitative estimate of drug-likeness (QED) is 0.331. The van der Waals surface area contributed by atoms with Crippen LogP contribution >= 0.6 is 12.1 Å². The van der Waals surface area contributed by atoms with Gasteiger partial charge in [0, 0.05) is 60.0 Å². The first-order valence-electron chi connectivity index (χ1n) is 9.82. The number of halogens is 1. The van der Waals surface area contributed by atoms with Gasteiger partial charge in [0.2, 0.25) is 0 Å². The zero-order valence-electron chi connectivity index (χ0n) is 17.3. The third kappa shape index (κ3) is 6.58. The lowest BCUT2D eigenvalue weighted by atomic mass is 10.00. The number of rotatable bonds is 10. The van der Waals surface area contributed by atoms with Crippen molar-refractivity contribution in [3.05, 3.63) is 84.2 Å². The molecule has 0 saturated heterocycles. The Bertz CT molecular complexity index is 1020. The highest BCUT2D eigenvalue weighted by Crippen LogP contribution is 2.29. The Morgan fingerprint density at radius 3 is 2.71 bits per heavy atom. The second-order valence-electron chi connectivity index (χ2n) is 6.70. The molecule has 5 nitrogen and oxygen atoms in total. The van der Waals surface area contributed by atoms with E-state index < -0.39 is 0 Å². The molecular weight excluding hydrogens is 411 g/mol. The molecule has 3 N–H and O–H groups in total. The summed E-state index contributed by atoms with van der Waals surface area (Å²) in [6, 6.07) is 17.7. The lowest BCUT2D eigenvalue weighted by Gasteiger charge is -2.14. The number of aliphatic imine (C=N–C) groups is 1. The summed E-state index contributed by atoms with van der Waals surface area (Å²) >= 11 is 0.307. The Morgan fingerprint density at radius 1 is 1.19 bits per heavy atom. The van der Waals surface area contributed by atoms with E-state index in [-0.39, 0.29) is 0 Å². The van der Waals surface area contributed by atoms with Gasteiger partial charge in [-0.05, 0) is 53.1 Å². The fourth-order valence-corrected chi connectivity index (χ4v) is 3.18. The van der Waals surface area contributed by atoms with Gasteiger partial charge in [-0.1, -0.05) is 24.3 Å². The monoisotopic (exact) mass is 436 g/mol. The van der Waals surface area contributed by atoms with Crippen molar-refractivity contribution < 1.29 is 8.62 Å². The molecule has 0 spiro atoms. The van der Waals surface area contributed by atoms with E-state index in [1.54, 1.807) is 31.8 Å². The second kappa shape index (κ2) is 11.8. The number of allylic oxidation sites excluding steroid dienone is 1. The Labute approximate surface area is 186 Å². The minimum Gasteiger partial charge on any atom is -0.497 e. The van der Waals surface area contributed by atoms with Crippen LogP contribution in [0.15, 0.2) is 78.1 Å². The number of ether oxygens (including phenoxy) is 1. The van der Waals surface area contributed by atoms with E-state index in [0.717, 1.165) is 33.7 Å². The summed E-state index contributed by atoms with van der Waals surface area (Å²) < 4.78 is 17.7. The van der Waals surface area contributed by atoms with Crippen LogP contribution in [0.2, 0.25) is 0 Å². The van der Waals surface area contributed by atoms with Gasteiger partial charge in [0.25, 0.3) is 0 Å². The third-order valence-corrected chi connectivity index (χ3v) is 4.96. The van der Waals surface area contributed by atoms with Crippen LogP contribution in [-0.2, 0) is 6.54 Å². The van der Waals surface area contributed by atoms with E-state index in [1.165, 1.54) is 0 Å². The molecule has 0 amide bonds. The molecule has 0 unspecified atom stereocenters. The number of nitrogens with zero attached hydrogens (tertiary/aromatic N) is 2. The summed E-state index contributed by atoms with van der Waals surface area (Å²) in [7, 11) is 1.64. The average Bonchev–Trinajstić information content (AvgIpc) is 2.83. The standard InChI is InChI=1S/C24H25FN4OS/c1-30-21-7-4-19(5-8-21)20-6-9-24(29-13-14-31-25)22(15-20)23(26)10-12-28-17-18-3-2-11-27-16-18/h2-12,15-16,29H,13-14,17,26H2,1H3/b23-10-,28-12?. The number of hydrogen-bond acceptors (Lipinski definition) is 6. The zero-order valence-corrected chi connectivity index (χ0v) is 18.1. The first kappa shape index (κ1) is 22.4. The van der Waals surface area contributed by atoms with Crippen molar-refractivity contribution in [3.63, 3.8) is 0 Å². The number of pyridine rings is 1. The molecule has 0 radical (unpaired) electrons. The number of anilines is 1. The fraction of sp³-hybridized carbons (Fsp3) is 0.167. The predicted molar refractivity (Wildman–Crippen MR) is 129 cm³/mol. The first-order valence-corrected chi connectivity index (χ1v) is 10.7. The number of methoxy groups -OCH3 is 1. The molecule has 7 heteroatoms. The summed E-state index contributed by atoms with van der Waals surface area (Å²) in [6.45, 7) is 1.03. The molecule has 160 valence electrons. The van der Waals surface area contributed by atoms with Crippen LogP contribution in [0.3, 0.4) is 0 Å². The van der Waals surface area contributed by atoms with Gasteiger partial charge in [-0.2, -0.15) is 3.89 Å². The van der Waals surface area contributed by atoms with Crippen molar-refractivity contribution in [1.29, 1.82) is 0 Å². The Balaban J connectivity index is 1.84. The number of benzene rings is 2. The van der Waals surface area contributed by atoms with Crippen LogP contribution in [-0.4, -0.2) is 30.6 Å². The van der Waals surface area contributed by atoms with Crippen LogP contribution in [0, 0.1) is 0 Å². The number of nitrogens with one attached hydrogen (secondary N) is 1. The van der Waals surface area contributed by atoms with Crippen molar-refractivity contribution in [3.8, 4) is 16.9 Å². The molecule has 0 bridgehead atoms. The summed E-state index contributed by atoms with van der Waals surface area (Å²) in [5.74, 6) is 1.16. The van der Waals surface area contributed by atoms with Crippen LogP contribution in [0.5, 0.6) is 5.75 Å². The van der Waals surface area contributed by atoms with Gasteiger partial charge >= 0.3 is 0 Å². The van der Waals surface area contributed by atoms with Crippen molar-refractivity contribution in [2.75, 3.05) is 24.7 Å². The molecule has 2 aromatic carbocycles. The summed E-state index contributed by atoms with van der Waals surface area (Å²) in [5, 5.41) is 3.25. The van der Waals surface area contributed by atoms with Gasteiger partial charge < -0.3 is 15.8 Å². The summed E-state index contributed by atoms with van der Waals surface area (Å²) in [5.41, 5.74) is 11.7. The molecule has 0 aliphatic carbocycles. The van der Waals surface area contributed by atoms with E-state index in [9.17, 15) is 3.89 Å². The zero-order chi connectivity index (χ0) is 21.9. The van der Waals surface area contributed by atoms with Crippen LogP contribution in [0.25, 0.3) is 16.8 Å². The van der Waals surface area contributed by atoms with Gasteiger partial charge in [0.15, 0.2) is 0 Å². The number of aromatic nitrogens is 1. The highest BCUT2D eigenvalue weighted by Gasteiger charge is 2.08. The van der Waals surface area contributed by atoms with Crippen molar-refractivity contribution in [2.24, 2.45) is 10.7 Å². The Kier molecular flexibility index (Phi) is 8.48. The van der Waals surface area contributed by atoms with Gasteiger partial charge in [0.05, 0.1) is 13.7 Å². The van der Waals surface area contributed by atoms with Crippen molar-refractivity contribution in [2.45, 2.75) is 6.54 Å². The molecule has 0 atom stereocenters. The maximum atomic E-state index is 12.5.